The lowest BCUT2D eigenvalue weighted by molar-refractivity contribution is 0.00221. The maximum Gasteiger partial charge on any atom is 0.410 e. The van der Waals surface area contributed by atoms with E-state index in [9.17, 15) is 9.59 Å². The van der Waals surface area contributed by atoms with E-state index in [0.29, 0.717) is 11.4 Å². The molecule has 2 atom stereocenters. The van der Waals surface area contributed by atoms with Gasteiger partial charge in [0.2, 0.25) is 0 Å². The summed E-state index contributed by atoms with van der Waals surface area (Å²) in [5.41, 5.74) is -0.635. The number of nitrogens with zero attached hydrogens (tertiary/aromatic N) is 2. The van der Waals surface area contributed by atoms with Crippen LogP contribution in [0.1, 0.15) is 62.6 Å². The molecule has 0 fully saturated rings. The zero-order valence-electron chi connectivity index (χ0n) is 16.7. The topological polar surface area (TPSA) is 89.0 Å². The first-order valence-corrected chi connectivity index (χ1v) is 9.53. The standard InChI is InChI=1S/C19H28N2O5S/c1-8-9-25-15(16-20-13(11-27-16)17(22)23)10-14(12(2)3)21(7)18(24)26-19(4,5)6/h1,11-12,14-15H,9-10H2,2-7H3,(H,22,23)/t14-,15-/m1/s1. The minimum atomic E-state index is -1.10. The van der Waals surface area contributed by atoms with Crippen LogP contribution in [-0.2, 0) is 9.47 Å². The number of aromatic carboxylic acids is 1. The van der Waals surface area contributed by atoms with Crippen LogP contribution in [0.4, 0.5) is 4.79 Å². The molecule has 150 valence electrons. The predicted molar refractivity (Wildman–Crippen MR) is 104 cm³/mol. The molecule has 0 aliphatic carbocycles. The summed E-state index contributed by atoms with van der Waals surface area (Å²) in [7, 11) is 1.68. The predicted octanol–water partition coefficient (Wildman–Crippen LogP) is 3.81. The van der Waals surface area contributed by atoms with Crippen LogP contribution in [0, 0.1) is 18.3 Å². The van der Waals surface area contributed by atoms with Crippen molar-refractivity contribution < 1.29 is 24.2 Å². The Morgan fingerprint density at radius 3 is 2.48 bits per heavy atom. The molecule has 0 spiro atoms. The number of carboxylic acids is 1. The van der Waals surface area contributed by atoms with E-state index >= 15 is 0 Å². The summed E-state index contributed by atoms with van der Waals surface area (Å²) in [4.78, 5) is 29.3. The maximum absolute atomic E-state index is 12.5. The van der Waals surface area contributed by atoms with Crippen molar-refractivity contribution in [1.82, 2.24) is 9.88 Å². The average Bonchev–Trinajstić information content (AvgIpc) is 3.02. The highest BCUT2D eigenvalue weighted by Gasteiger charge is 2.31. The van der Waals surface area contributed by atoms with E-state index in [2.05, 4.69) is 10.9 Å². The summed E-state index contributed by atoms with van der Waals surface area (Å²) in [6.45, 7) is 9.48. The Hall–Kier alpha value is -2.11. The minimum absolute atomic E-state index is 0.0362. The number of rotatable bonds is 8. The zero-order valence-corrected chi connectivity index (χ0v) is 17.5. The van der Waals surface area contributed by atoms with Crippen molar-refractivity contribution in [3.05, 3.63) is 16.1 Å². The number of aromatic nitrogens is 1. The van der Waals surface area contributed by atoms with Crippen molar-refractivity contribution in [2.24, 2.45) is 5.92 Å². The third kappa shape index (κ3) is 7.19. The molecule has 0 saturated heterocycles. The van der Waals surface area contributed by atoms with Crippen LogP contribution in [0.25, 0.3) is 0 Å². The smallest absolute Gasteiger partial charge is 0.410 e. The molecule has 1 aromatic heterocycles. The third-order valence-corrected chi connectivity index (χ3v) is 4.73. The largest absolute Gasteiger partial charge is 0.476 e. The molecule has 0 aliphatic heterocycles. The molecular weight excluding hydrogens is 368 g/mol. The Balaban J connectivity index is 3.04. The van der Waals surface area contributed by atoms with Crippen molar-refractivity contribution in [2.75, 3.05) is 13.7 Å². The fraction of sp³-hybridized carbons (Fsp3) is 0.632. The van der Waals surface area contributed by atoms with Crippen LogP contribution in [0.5, 0.6) is 0 Å². The SMILES string of the molecule is C#CCO[C@H](C[C@H](C(C)C)N(C)C(=O)OC(C)(C)C)c1nc(C(=O)O)cs1. The number of thiazole rings is 1. The van der Waals surface area contributed by atoms with Gasteiger partial charge in [-0.15, -0.1) is 17.8 Å². The summed E-state index contributed by atoms with van der Waals surface area (Å²) in [6, 6.07) is -0.209. The van der Waals surface area contributed by atoms with Crippen LogP contribution in [-0.4, -0.2) is 52.4 Å². The second-order valence-electron chi connectivity index (χ2n) is 7.52. The Kier molecular flexibility index (Phi) is 8.25. The van der Waals surface area contributed by atoms with E-state index in [1.807, 2.05) is 34.6 Å². The van der Waals surface area contributed by atoms with Crippen molar-refractivity contribution in [2.45, 2.75) is 58.8 Å². The number of carboxylic acid groups (broad SMARTS) is 1. The second kappa shape index (κ2) is 9.72. The van der Waals surface area contributed by atoms with Gasteiger partial charge in [-0.2, -0.15) is 0 Å². The first kappa shape index (κ1) is 22.9. The number of carbonyl (C=O) groups excluding carboxylic acids is 1. The van der Waals surface area contributed by atoms with Crippen molar-refractivity contribution in [3.63, 3.8) is 0 Å². The maximum atomic E-state index is 12.5. The highest BCUT2D eigenvalue weighted by Crippen LogP contribution is 2.30. The van der Waals surface area contributed by atoms with Crippen molar-refractivity contribution in [3.8, 4) is 12.3 Å². The Bertz CT molecular complexity index is 687. The van der Waals surface area contributed by atoms with Gasteiger partial charge in [-0.3, -0.25) is 0 Å². The number of hydrogen-bond acceptors (Lipinski definition) is 6. The number of ether oxygens (including phenoxy) is 2. The summed E-state index contributed by atoms with van der Waals surface area (Å²) in [5, 5.41) is 11.1. The number of terminal acetylenes is 1. The average molecular weight is 397 g/mol. The summed E-state index contributed by atoms with van der Waals surface area (Å²) < 4.78 is 11.2. The van der Waals surface area contributed by atoms with Gasteiger partial charge in [-0.1, -0.05) is 19.8 Å². The van der Waals surface area contributed by atoms with Crippen LogP contribution in [0.3, 0.4) is 0 Å². The fourth-order valence-electron chi connectivity index (χ4n) is 2.49. The van der Waals surface area contributed by atoms with E-state index in [1.165, 1.54) is 16.7 Å². The first-order chi connectivity index (χ1) is 12.5. The lowest BCUT2D eigenvalue weighted by atomic mass is 9.96. The highest BCUT2D eigenvalue weighted by molar-refractivity contribution is 7.09. The molecule has 0 radical (unpaired) electrons. The Labute approximate surface area is 164 Å². The van der Waals surface area contributed by atoms with E-state index in [-0.39, 0.29) is 24.3 Å². The van der Waals surface area contributed by atoms with Crippen molar-refractivity contribution in [1.29, 1.82) is 0 Å². The lowest BCUT2D eigenvalue weighted by Gasteiger charge is -2.34. The molecule has 0 aromatic carbocycles. The molecular formula is C19H28N2O5S. The van der Waals surface area contributed by atoms with E-state index in [1.54, 1.807) is 11.9 Å². The molecule has 1 N–H and O–H groups in total. The van der Waals surface area contributed by atoms with Crippen LogP contribution in [0.15, 0.2) is 5.38 Å². The third-order valence-electron chi connectivity index (χ3n) is 3.79. The zero-order chi connectivity index (χ0) is 20.8. The number of amides is 1. The summed E-state index contributed by atoms with van der Waals surface area (Å²) in [5.74, 6) is 1.43. The summed E-state index contributed by atoms with van der Waals surface area (Å²) in [6.07, 6.45) is 4.78. The van der Waals surface area contributed by atoms with Gasteiger partial charge in [0, 0.05) is 24.9 Å². The molecule has 0 aliphatic rings. The van der Waals surface area contributed by atoms with Gasteiger partial charge in [-0.05, 0) is 26.7 Å². The monoisotopic (exact) mass is 396 g/mol. The Morgan fingerprint density at radius 2 is 2.04 bits per heavy atom. The molecule has 1 aromatic rings. The van der Waals surface area contributed by atoms with Gasteiger partial charge in [-0.25, -0.2) is 14.6 Å². The molecule has 1 heterocycles. The summed E-state index contributed by atoms with van der Waals surface area (Å²) >= 11 is 1.20. The molecule has 8 heteroatoms. The number of carbonyl (C=O) groups is 2. The van der Waals surface area contributed by atoms with Gasteiger partial charge in [0.05, 0.1) is 0 Å². The molecule has 0 saturated carbocycles. The van der Waals surface area contributed by atoms with Gasteiger partial charge >= 0.3 is 12.1 Å². The van der Waals surface area contributed by atoms with E-state index in [4.69, 9.17) is 21.0 Å². The lowest BCUT2D eigenvalue weighted by Crippen LogP contribution is -2.44. The van der Waals surface area contributed by atoms with E-state index < -0.39 is 23.8 Å². The van der Waals surface area contributed by atoms with Gasteiger partial charge in [0.15, 0.2) is 5.69 Å². The van der Waals surface area contributed by atoms with Gasteiger partial charge in [0.1, 0.15) is 23.3 Å². The van der Waals surface area contributed by atoms with E-state index in [0.717, 1.165) is 0 Å². The molecule has 7 nitrogen and oxygen atoms in total. The first-order valence-electron chi connectivity index (χ1n) is 8.65. The molecule has 0 bridgehead atoms. The normalized spacial score (nSPS) is 13.7. The molecule has 27 heavy (non-hydrogen) atoms. The van der Waals surface area contributed by atoms with Crippen LogP contribution in [0.2, 0.25) is 0 Å². The Morgan fingerprint density at radius 1 is 1.41 bits per heavy atom. The van der Waals surface area contributed by atoms with Crippen LogP contribution >= 0.6 is 11.3 Å². The van der Waals surface area contributed by atoms with Crippen molar-refractivity contribution >= 4 is 23.4 Å². The van der Waals surface area contributed by atoms with Crippen LogP contribution < -0.4 is 0 Å². The second-order valence-corrected chi connectivity index (χ2v) is 8.41. The fourth-order valence-corrected chi connectivity index (χ4v) is 3.34. The minimum Gasteiger partial charge on any atom is -0.476 e. The molecule has 1 amide bonds. The highest BCUT2D eigenvalue weighted by atomic mass is 32.1. The quantitative estimate of drug-likeness (QED) is 0.672. The molecule has 0 unspecified atom stereocenters. The molecule has 1 rings (SSSR count). The van der Waals surface area contributed by atoms with Gasteiger partial charge in [0.25, 0.3) is 0 Å². The van der Waals surface area contributed by atoms with Gasteiger partial charge < -0.3 is 19.5 Å². The number of hydrogen-bond donors (Lipinski definition) is 1.